The minimum absolute atomic E-state index is 0.221. The molecule has 2 rings (SSSR count). The fourth-order valence-corrected chi connectivity index (χ4v) is 1.31. The summed E-state index contributed by atoms with van der Waals surface area (Å²) in [6, 6.07) is 5.30. The summed E-state index contributed by atoms with van der Waals surface area (Å²) in [6.45, 7) is 0. The smallest absolute Gasteiger partial charge is 0.308 e. The van der Waals surface area contributed by atoms with Crippen molar-refractivity contribution in [1.82, 2.24) is 4.98 Å². The van der Waals surface area contributed by atoms with Gasteiger partial charge >= 0.3 is 6.03 Å². The van der Waals surface area contributed by atoms with E-state index in [2.05, 4.69) is 15.6 Å². The van der Waals surface area contributed by atoms with Crippen molar-refractivity contribution in [2.75, 3.05) is 10.6 Å². The average Bonchev–Trinajstić information content (AvgIpc) is 2.35. The Bertz CT molecular complexity index is 561. The summed E-state index contributed by atoms with van der Waals surface area (Å²) in [5.41, 5.74) is 0.279. The standard InChI is InChI=1S/C12H9F2N3O/c13-8-1-2-10(14)11(7-8)17-12(18)16-9-3-5-15-6-4-9/h1-7H,(H2,15,16,17,18). The van der Waals surface area contributed by atoms with E-state index < -0.39 is 17.7 Å². The van der Waals surface area contributed by atoms with Crippen molar-refractivity contribution in [3.63, 3.8) is 0 Å². The molecule has 2 amide bonds. The maximum absolute atomic E-state index is 13.2. The highest BCUT2D eigenvalue weighted by Gasteiger charge is 2.08. The molecule has 92 valence electrons. The van der Waals surface area contributed by atoms with Crippen LogP contribution in [0.1, 0.15) is 0 Å². The van der Waals surface area contributed by atoms with Gasteiger partial charge in [0.05, 0.1) is 5.69 Å². The maximum atomic E-state index is 13.2. The number of aromatic nitrogens is 1. The summed E-state index contributed by atoms with van der Waals surface area (Å²) >= 11 is 0. The van der Waals surface area contributed by atoms with Crippen LogP contribution >= 0.6 is 0 Å². The predicted molar refractivity (Wildman–Crippen MR) is 63.2 cm³/mol. The summed E-state index contributed by atoms with van der Waals surface area (Å²) in [6.07, 6.45) is 3.00. The van der Waals surface area contributed by atoms with Gasteiger partial charge in [-0.1, -0.05) is 0 Å². The van der Waals surface area contributed by atoms with Crippen molar-refractivity contribution in [2.24, 2.45) is 0 Å². The highest BCUT2D eigenvalue weighted by atomic mass is 19.1. The van der Waals surface area contributed by atoms with Gasteiger partial charge in [0.15, 0.2) is 0 Å². The first kappa shape index (κ1) is 12.0. The third kappa shape index (κ3) is 3.00. The normalized spacial score (nSPS) is 9.89. The summed E-state index contributed by atoms with van der Waals surface area (Å²) in [4.78, 5) is 15.3. The Morgan fingerprint density at radius 3 is 2.50 bits per heavy atom. The van der Waals surface area contributed by atoms with Gasteiger partial charge in [0.2, 0.25) is 0 Å². The van der Waals surface area contributed by atoms with Crippen molar-refractivity contribution in [3.8, 4) is 0 Å². The molecule has 0 radical (unpaired) electrons. The summed E-state index contributed by atoms with van der Waals surface area (Å²) in [7, 11) is 0. The Balaban J connectivity index is 2.05. The fourth-order valence-electron chi connectivity index (χ4n) is 1.31. The summed E-state index contributed by atoms with van der Waals surface area (Å²) < 4.78 is 26.1. The molecule has 0 bridgehead atoms. The number of anilines is 2. The number of nitrogens with one attached hydrogen (secondary N) is 2. The van der Waals surface area contributed by atoms with Crippen molar-refractivity contribution in [1.29, 1.82) is 0 Å². The van der Waals surface area contributed by atoms with Crippen LogP contribution in [-0.2, 0) is 0 Å². The molecule has 1 heterocycles. The lowest BCUT2D eigenvalue weighted by Gasteiger charge is -2.08. The number of urea groups is 1. The van der Waals surface area contributed by atoms with E-state index in [0.29, 0.717) is 5.69 Å². The largest absolute Gasteiger partial charge is 0.323 e. The molecule has 0 saturated carbocycles. The molecule has 0 aliphatic heterocycles. The van der Waals surface area contributed by atoms with Crippen LogP contribution in [0.4, 0.5) is 25.0 Å². The third-order valence-corrected chi connectivity index (χ3v) is 2.11. The summed E-state index contributed by atoms with van der Waals surface area (Å²) in [5, 5.41) is 4.67. The topological polar surface area (TPSA) is 54.0 Å². The molecule has 1 aromatic heterocycles. The average molecular weight is 249 g/mol. The van der Waals surface area contributed by atoms with E-state index in [1.165, 1.54) is 12.4 Å². The first-order valence-corrected chi connectivity index (χ1v) is 5.08. The Hall–Kier alpha value is -2.50. The molecule has 2 N–H and O–H groups in total. The van der Waals surface area contributed by atoms with E-state index in [0.717, 1.165) is 18.2 Å². The lowest BCUT2D eigenvalue weighted by molar-refractivity contribution is 0.262. The zero-order chi connectivity index (χ0) is 13.0. The number of carbonyl (C=O) groups excluding carboxylic acids is 1. The second-order valence-electron chi connectivity index (χ2n) is 3.44. The van der Waals surface area contributed by atoms with E-state index >= 15 is 0 Å². The molecule has 0 aliphatic rings. The van der Waals surface area contributed by atoms with Crippen molar-refractivity contribution in [3.05, 3.63) is 54.4 Å². The number of hydrogen-bond donors (Lipinski definition) is 2. The van der Waals surface area contributed by atoms with E-state index in [1.807, 2.05) is 0 Å². The lowest BCUT2D eigenvalue weighted by Crippen LogP contribution is -2.20. The van der Waals surface area contributed by atoms with Crippen LogP contribution in [-0.4, -0.2) is 11.0 Å². The molecule has 2 aromatic rings. The quantitative estimate of drug-likeness (QED) is 0.859. The van der Waals surface area contributed by atoms with Crippen LogP contribution in [0.15, 0.2) is 42.7 Å². The molecule has 0 aliphatic carbocycles. The van der Waals surface area contributed by atoms with E-state index in [-0.39, 0.29) is 5.69 Å². The molecular formula is C12H9F2N3O. The van der Waals surface area contributed by atoms with Crippen LogP contribution in [0.3, 0.4) is 0 Å². The SMILES string of the molecule is O=C(Nc1ccncc1)Nc1cc(F)ccc1F. The van der Waals surface area contributed by atoms with E-state index in [1.54, 1.807) is 12.1 Å². The molecule has 18 heavy (non-hydrogen) atoms. The van der Waals surface area contributed by atoms with Gasteiger partial charge in [0.1, 0.15) is 11.6 Å². The molecule has 6 heteroatoms. The van der Waals surface area contributed by atoms with E-state index in [4.69, 9.17) is 0 Å². The molecular weight excluding hydrogens is 240 g/mol. The Morgan fingerprint density at radius 2 is 1.78 bits per heavy atom. The number of carbonyl (C=O) groups is 1. The second kappa shape index (κ2) is 5.22. The van der Waals surface area contributed by atoms with Crippen LogP contribution in [0.25, 0.3) is 0 Å². The minimum Gasteiger partial charge on any atom is -0.308 e. The van der Waals surface area contributed by atoms with Crippen LogP contribution in [0.5, 0.6) is 0 Å². The van der Waals surface area contributed by atoms with Gasteiger partial charge in [-0.15, -0.1) is 0 Å². The Morgan fingerprint density at radius 1 is 1.06 bits per heavy atom. The number of nitrogens with zero attached hydrogens (tertiary/aromatic N) is 1. The monoisotopic (exact) mass is 249 g/mol. The second-order valence-corrected chi connectivity index (χ2v) is 3.44. The van der Waals surface area contributed by atoms with Crippen molar-refractivity contribution < 1.29 is 13.6 Å². The number of hydrogen-bond acceptors (Lipinski definition) is 2. The van der Waals surface area contributed by atoms with Gasteiger partial charge in [-0.25, -0.2) is 13.6 Å². The van der Waals surface area contributed by atoms with Crippen molar-refractivity contribution in [2.45, 2.75) is 0 Å². The Kier molecular flexibility index (Phi) is 3.47. The molecule has 0 unspecified atom stereocenters. The van der Waals surface area contributed by atoms with E-state index in [9.17, 15) is 13.6 Å². The van der Waals surface area contributed by atoms with Crippen LogP contribution in [0, 0.1) is 11.6 Å². The van der Waals surface area contributed by atoms with Crippen molar-refractivity contribution >= 4 is 17.4 Å². The number of rotatable bonds is 2. The predicted octanol–water partition coefficient (Wildman–Crippen LogP) is 3.00. The minimum atomic E-state index is -0.707. The van der Waals surface area contributed by atoms with Gasteiger partial charge in [-0.2, -0.15) is 0 Å². The first-order chi connectivity index (χ1) is 8.65. The Labute approximate surface area is 102 Å². The van der Waals surface area contributed by atoms with Gasteiger partial charge < -0.3 is 10.6 Å². The van der Waals surface area contributed by atoms with Gasteiger partial charge in [0, 0.05) is 24.1 Å². The van der Waals surface area contributed by atoms with Crippen LogP contribution in [0.2, 0.25) is 0 Å². The fraction of sp³-hybridized carbons (Fsp3) is 0. The zero-order valence-electron chi connectivity index (χ0n) is 9.15. The molecule has 0 spiro atoms. The molecule has 4 nitrogen and oxygen atoms in total. The van der Waals surface area contributed by atoms with Gasteiger partial charge in [-0.05, 0) is 24.3 Å². The first-order valence-electron chi connectivity index (χ1n) is 5.08. The molecule has 0 atom stereocenters. The molecule has 1 aromatic carbocycles. The summed E-state index contributed by atoms with van der Waals surface area (Å²) in [5.74, 6) is -1.34. The number of halogens is 2. The number of pyridine rings is 1. The number of benzene rings is 1. The van der Waals surface area contributed by atoms with Gasteiger partial charge in [-0.3, -0.25) is 4.98 Å². The lowest BCUT2D eigenvalue weighted by atomic mass is 10.3. The highest BCUT2D eigenvalue weighted by molar-refractivity contribution is 5.99. The third-order valence-electron chi connectivity index (χ3n) is 2.11. The van der Waals surface area contributed by atoms with Crippen LogP contribution < -0.4 is 10.6 Å². The number of amides is 2. The maximum Gasteiger partial charge on any atom is 0.323 e. The molecule has 0 saturated heterocycles. The zero-order valence-corrected chi connectivity index (χ0v) is 9.15. The highest BCUT2D eigenvalue weighted by Crippen LogP contribution is 2.15. The molecule has 0 fully saturated rings. The van der Waals surface area contributed by atoms with Gasteiger partial charge in [0.25, 0.3) is 0 Å².